The molecule has 3 N–H and O–H groups in total. The van der Waals surface area contributed by atoms with Gasteiger partial charge in [-0.1, -0.05) is 0 Å². The summed E-state index contributed by atoms with van der Waals surface area (Å²) in [5.41, 5.74) is 5.34. The van der Waals surface area contributed by atoms with Crippen LogP contribution in [0, 0.1) is 11.8 Å². The highest BCUT2D eigenvalue weighted by atomic mass is 16.3. The van der Waals surface area contributed by atoms with Gasteiger partial charge in [0.2, 0.25) is 17.7 Å². The number of carboxylic acid groups (broad SMARTS) is 1. The largest absolute Gasteiger partial charge is 0.483 e. The summed E-state index contributed by atoms with van der Waals surface area (Å²) in [4.78, 5) is 49.4. The maximum absolute atomic E-state index is 12.4. The molecule has 27 heavy (non-hydrogen) atoms. The number of rotatable bonds is 5. The predicted molar refractivity (Wildman–Crippen MR) is 99.7 cm³/mol. The number of nitrogens with zero attached hydrogens (tertiary/aromatic N) is 3. The zero-order chi connectivity index (χ0) is 20.4. The maximum atomic E-state index is 12.4. The normalized spacial score (nSPS) is 19.0. The van der Waals surface area contributed by atoms with E-state index in [1.165, 1.54) is 0 Å². The lowest BCUT2D eigenvalue weighted by molar-refractivity contribution is -0.134. The van der Waals surface area contributed by atoms with E-state index in [2.05, 4.69) is 4.90 Å². The van der Waals surface area contributed by atoms with E-state index in [9.17, 15) is 14.4 Å². The SMILES string of the molecule is CN(C)C(=O)CC1CCN(C(=O)CN2CCC(C(N)=O)CC2)CC1.O=CO. The second-order valence-electron chi connectivity index (χ2n) is 7.37. The number of piperidine rings is 2. The molecule has 0 aromatic rings. The van der Waals surface area contributed by atoms with Crippen LogP contribution in [0.2, 0.25) is 0 Å². The van der Waals surface area contributed by atoms with Crippen molar-refractivity contribution in [3.05, 3.63) is 0 Å². The molecule has 0 radical (unpaired) electrons. The highest BCUT2D eigenvalue weighted by Gasteiger charge is 2.28. The van der Waals surface area contributed by atoms with Gasteiger partial charge in [0.15, 0.2) is 0 Å². The number of likely N-dealkylation sites (tertiary alicyclic amines) is 2. The molecule has 0 aromatic heterocycles. The number of hydrogen-bond acceptors (Lipinski definition) is 5. The van der Waals surface area contributed by atoms with Crippen molar-refractivity contribution in [3.8, 4) is 0 Å². The van der Waals surface area contributed by atoms with Gasteiger partial charge >= 0.3 is 0 Å². The van der Waals surface area contributed by atoms with Gasteiger partial charge in [-0.15, -0.1) is 0 Å². The number of hydrogen-bond donors (Lipinski definition) is 2. The fraction of sp³-hybridized carbons (Fsp3) is 0.778. The minimum absolute atomic E-state index is 0.0404. The molecule has 0 spiro atoms. The average Bonchev–Trinajstić information content (AvgIpc) is 2.63. The smallest absolute Gasteiger partial charge is 0.290 e. The zero-order valence-corrected chi connectivity index (χ0v) is 16.3. The van der Waals surface area contributed by atoms with E-state index in [1.807, 2.05) is 4.90 Å². The summed E-state index contributed by atoms with van der Waals surface area (Å²) in [5, 5.41) is 6.89. The van der Waals surface area contributed by atoms with Gasteiger partial charge in [0.05, 0.1) is 6.54 Å². The first-order valence-corrected chi connectivity index (χ1v) is 9.35. The van der Waals surface area contributed by atoms with Crippen LogP contribution in [0.15, 0.2) is 0 Å². The lowest BCUT2D eigenvalue weighted by Gasteiger charge is -2.35. The molecular weight excluding hydrogens is 352 g/mol. The summed E-state index contributed by atoms with van der Waals surface area (Å²) in [6, 6.07) is 0. The van der Waals surface area contributed by atoms with E-state index in [0.29, 0.717) is 18.9 Å². The number of nitrogens with two attached hydrogens (primary N) is 1. The number of amides is 3. The molecule has 0 atom stereocenters. The van der Waals surface area contributed by atoms with E-state index in [-0.39, 0.29) is 30.1 Å². The molecule has 0 aliphatic carbocycles. The van der Waals surface area contributed by atoms with Crippen LogP contribution in [-0.2, 0) is 19.2 Å². The third kappa shape index (κ3) is 7.94. The van der Waals surface area contributed by atoms with Crippen molar-refractivity contribution in [2.75, 3.05) is 46.8 Å². The van der Waals surface area contributed by atoms with E-state index in [0.717, 1.165) is 51.9 Å². The van der Waals surface area contributed by atoms with Crippen LogP contribution in [0.3, 0.4) is 0 Å². The Morgan fingerprint density at radius 3 is 2.04 bits per heavy atom. The third-order valence-electron chi connectivity index (χ3n) is 5.28. The van der Waals surface area contributed by atoms with E-state index >= 15 is 0 Å². The Morgan fingerprint density at radius 2 is 1.59 bits per heavy atom. The van der Waals surface area contributed by atoms with Crippen LogP contribution in [0.5, 0.6) is 0 Å². The molecule has 2 rings (SSSR count). The molecule has 2 aliphatic rings. The Hall–Kier alpha value is -2.16. The summed E-state index contributed by atoms with van der Waals surface area (Å²) in [7, 11) is 3.56. The number of carbonyl (C=O) groups excluding carboxylic acids is 3. The third-order valence-corrected chi connectivity index (χ3v) is 5.28. The van der Waals surface area contributed by atoms with Gasteiger partial charge in [-0.2, -0.15) is 0 Å². The van der Waals surface area contributed by atoms with Crippen molar-refractivity contribution >= 4 is 24.2 Å². The summed E-state index contributed by atoms with van der Waals surface area (Å²) in [6.45, 7) is 3.16. The lowest BCUT2D eigenvalue weighted by Crippen LogP contribution is -2.47. The zero-order valence-electron chi connectivity index (χ0n) is 16.3. The van der Waals surface area contributed by atoms with Gasteiger partial charge < -0.3 is 20.6 Å². The standard InChI is InChI=1S/C17H30N4O3.CH2O2/c1-19(2)15(22)11-13-3-9-21(10-4-13)16(23)12-20-7-5-14(6-8-20)17(18)24;2-1-3/h13-14H,3-12H2,1-2H3,(H2,18,24);1H,(H,2,3). The van der Waals surface area contributed by atoms with Gasteiger partial charge in [0.1, 0.15) is 0 Å². The minimum atomic E-state index is -0.250. The predicted octanol–water partition coefficient (Wildman–Crippen LogP) is -0.399. The molecule has 2 aliphatic heterocycles. The van der Waals surface area contributed by atoms with Gasteiger partial charge in [-0.25, -0.2) is 0 Å². The monoisotopic (exact) mass is 384 g/mol. The summed E-state index contributed by atoms with van der Waals surface area (Å²) >= 11 is 0. The fourth-order valence-electron chi connectivity index (χ4n) is 3.48. The van der Waals surface area contributed by atoms with Gasteiger partial charge in [-0.3, -0.25) is 24.1 Å². The highest BCUT2D eigenvalue weighted by molar-refractivity contribution is 5.79. The van der Waals surface area contributed by atoms with E-state index in [1.54, 1.807) is 19.0 Å². The maximum Gasteiger partial charge on any atom is 0.290 e. The summed E-state index contributed by atoms with van der Waals surface area (Å²) < 4.78 is 0. The first-order valence-electron chi connectivity index (χ1n) is 9.35. The molecule has 2 fully saturated rings. The molecule has 154 valence electrons. The van der Waals surface area contributed by atoms with Crippen molar-refractivity contribution in [1.29, 1.82) is 0 Å². The Balaban J connectivity index is 0.00000114. The first kappa shape index (κ1) is 22.9. The van der Waals surface area contributed by atoms with Crippen molar-refractivity contribution in [2.45, 2.75) is 32.1 Å². The van der Waals surface area contributed by atoms with Gasteiger partial charge in [0.25, 0.3) is 6.47 Å². The molecule has 0 saturated carbocycles. The van der Waals surface area contributed by atoms with Gasteiger partial charge in [-0.05, 0) is 44.7 Å². The Bertz CT molecular complexity index is 510. The quantitative estimate of drug-likeness (QED) is 0.622. The van der Waals surface area contributed by atoms with Gasteiger partial charge in [0, 0.05) is 39.5 Å². The van der Waals surface area contributed by atoms with E-state index < -0.39 is 0 Å². The van der Waals surface area contributed by atoms with E-state index in [4.69, 9.17) is 15.6 Å². The molecule has 9 heteroatoms. The molecule has 2 heterocycles. The van der Waals surface area contributed by atoms with Crippen LogP contribution < -0.4 is 5.73 Å². The molecule has 0 bridgehead atoms. The Labute approximate surface area is 160 Å². The Kier molecular flexibility index (Phi) is 9.77. The van der Waals surface area contributed by atoms with Crippen LogP contribution >= 0.6 is 0 Å². The van der Waals surface area contributed by atoms with Crippen molar-refractivity contribution in [1.82, 2.24) is 14.7 Å². The topological polar surface area (TPSA) is 124 Å². The molecular formula is C18H32N4O5. The van der Waals surface area contributed by atoms with Crippen LogP contribution in [0.25, 0.3) is 0 Å². The molecule has 2 saturated heterocycles. The van der Waals surface area contributed by atoms with Crippen LogP contribution in [-0.4, -0.2) is 90.8 Å². The molecule has 0 aromatic carbocycles. The minimum Gasteiger partial charge on any atom is -0.483 e. The average molecular weight is 384 g/mol. The highest BCUT2D eigenvalue weighted by Crippen LogP contribution is 2.22. The van der Waals surface area contributed by atoms with Crippen molar-refractivity contribution in [3.63, 3.8) is 0 Å². The summed E-state index contributed by atoms with van der Waals surface area (Å²) in [6.07, 6.45) is 3.87. The fourth-order valence-corrected chi connectivity index (χ4v) is 3.48. The molecule has 9 nitrogen and oxygen atoms in total. The van der Waals surface area contributed by atoms with Crippen LogP contribution in [0.4, 0.5) is 0 Å². The molecule has 0 unspecified atom stereocenters. The number of primary amides is 1. The first-order chi connectivity index (χ1) is 12.8. The van der Waals surface area contributed by atoms with Crippen LogP contribution in [0.1, 0.15) is 32.1 Å². The lowest BCUT2D eigenvalue weighted by atomic mass is 9.93. The summed E-state index contributed by atoms with van der Waals surface area (Å²) in [5.74, 6) is 0.439. The molecule has 3 amide bonds. The number of carbonyl (C=O) groups is 4. The van der Waals surface area contributed by atoms with Crippen molar-refractivity contribution in [2.24, 2.45) is 17.6 Å². The van der Waals surface area contributed by atoms with Crippen molar-refractivity contribution < 1.29 is 24.3 Å². The second kappa shape index (κ2) is 11.5. The Morgan fingerprint density at radius 1 is 1.07 bits per heavy atom. The second-order valence-corrected chi connectivity index (χ2v) is 7.37.